The summed E-state index contributed by atoms with van der Waals surface area (Å²) < 4.78 is 5.11. The molecule has 2 N–H and O–H groups in total. The summed E-state index contributed by atoms with van der Waals surface area (Å²) in [5, 5.41) is 8.81. The lowest BCUT2D eigenvalue weighted by Gasteiger charge is -2.10. The van der Waals surface area contributed by atoms with Crippen LogP contribution in [0.25, 0.3) is 0 Å². The SMILES string of the molecule is CCC(C#N)Sc1cc(OC)ccc1N. The molecule has 0 bridgehead atoms. The summed E-state index contributed by atoms with van der Waals surface area (Å²) in [5.74, 6) is 0.763. The van der Waals surface area contributed by atoms with Gasteiger partial charge in [0.05, 0.1) is 18.4 Å². The van der Waals surface area contributed by atoms with E-state index in [9.17, 15) is 0 Å². The molecular weight excluding hydrogens is 208 g/mol. The fraction of sp³-hybridized carbons (Fsp3) is 0.364. The van der Waals surface area contributed by atoms with Gasteiger partial charge in [0.15, 0.2) is 0 Å². The largest absolute Gasteiger partial charge is 0.497 e. The van der Waals surface area contributed by atoms with Crippen molar-refractivity contribution < 1.29 is 4.74 Å². The summed E-state index contributed by atoms with van der Waals surface area (Å²) in [6, 6.07) is 7.70. The highest BCUT2D eigenvalue weighted by Crippen LogP contribution is 2.32. The number of nitrogens with zero attached hydrogens (tertiary/aromatic N) is 1. The van der Waals surface area contributed by atoms with E-state index in [1.807, 2.05) is 19.1 Å². The predicted octanol–water partition coefficient (Wildman–Crippen LogP) is 2.67. The zero-order valence-corrected chi connectivity index (χ0v) is 9.67. The molecule has 1 atom stereocenters. The topological polar surface area (TPSA) is 59.0 Å². The number of nitrogens with two attached hydrogens (primary N) is 1. The van der Waals surface area contributed by atoms with Gasteiger partial charge in [0.2, 0.25) is 0 Å². The standard InChI is InChI=1S/C11H14N2OS/c1-3-9(7-12)15-11-6-8(14-2)4-5-10(11)13/h4-6,9H,3,13H2,1-2H3. The van der Waals surface area contributed by atoms with Crippen molar-refractivity contribution in [1.82, 2.24) is 0 Å². The second-order valence-corrected chi connectivity index (χ2v) is 4.29. The first-order valence-corrected chi connectivity index (χ1v) is 5.59. The number of nitriles is 1. The maximum atomic E-state index is 8.86. The van der Waals surface area contributed by atoms with Crippen LogP contribution in [0.15, 0.2) is 23.1 Å². The molecule has 1 aromatic rings. The van der Waals surface area contributed by atoms with E-state index >= 15 is 0 Å². The fourth-order valence-electron chi connectivity index (χ4n) is 1.10. The smallest absolute Gasteiger partial charge is 0.120 e. The molecule has 3 nitrogen and oxygen atoms in total. The van der Waals surface area contributed by atoms with Crippen molar-refractivity contribution in [3.63, 3.8) is 0 Å². The van der Waals surface area contributed by atoms with Crippen molar-refractivity contribution in [3.05, 3.63) is 18.2 Å². The summed E-state index contributed by atoms with van der Waals surface area (Å²) in [4.78, 5) is 0.905. The predicted molar refractivity (Wildman–Crippen MR) is 63.0 cm³/mol. The molecule has 1 rings (SSSR count). The van der Waals surface area contributed by atoms with Crippen molar-refractivity contribution in [1.29, 1.82) is 5.26 Å². The molecule has 0 saturated carbocycles. The number of hydrogen-bond donors (Lipinski definition) is 1. The average molecular weight is 222 g/mol. The Kier molecular flexibility index (Phi) is 4.32. The third-order valence-corrected chi connectivity index (χ3v) is 3.34. The normalized spacial score (nSPS) is 11.8. The lowest BCUT2D eigenvalue weighted by atomic mass is 10.3. The minimum Gasteiger partial charge on any atom is -0.497 e. The van der Waals surface area contributed by atoms with Crippen molar-refractivity contribution in [2.45, 2.75) is 23.5 Å². The van der Waals surface area contributed by atoms with E-state index in [0.29, 0.717) is 5.69 Å². The number of nitrogen functional groups attached to an aromatic ring is 1. The molecular formula is C11H14N2OS. The zero-order valence-electron chi connectivity index (χ0n) is 8.86. The number of thioether (sulfide) groups is 1. The van der Waals surface area contributed by atoms with Crippen LogP contribution in [0.4, 0.5) is 5.69 Å². The number of methoxy groups -OCH3 is 1. The van der Waals surface area contributed by atoms with Gasteiger partial charge in [-0.05, 0) is 24.6 Å². The van der Waals surface area contributed by atoms with Gasteiger partial charge in [0, 0.05) is 10.6 Å². The third-order valence-electron chi connectivity index (χ3n) is 2.00. The highest BCUT2D eigenvalue weighted by atomic mass is 32.2. The summed E-state index contributed by atoms with van der Waals surface area (Å²) in [6.45, 7) is 1.98. The maximum Gasteiger partial charge on any atom is 0.120 e. The molecule has 0 aromatic heterocycles. The number of ether oxygens (including phenoxy) is 1. The molecule has 0 saturated heterocycles. The van der Waals surface area contributed by atoms with Crippen molar-refractivity contribution >= 4 is 17.4 Å². The molecule has 80 valence electrons. The van der Waals surface area contributed by atoms with Crippen LogP contribution < -0.4 is 10.5 Å². The average Bonchev–Trinajstić information content (AvgIpc) is 2.28. The van der Waals surface area contributed by atoms with Gasteiger partial charge in [-0.1, -0.05) is 6.92 Å². The molecule has 0 aliphatic carbocycles. The third kappa shape index (κ3) is 3.07. The summed E-state index contributed by atoms with van der Waals surface area (Å²) in [7, 11) is 1.61. The van der Waals surface area contributed by atoms with Gasteiger partial charge in [0.1, 0.15) is 5.75 Å². The van der Waals surface area contributed by atoms with Crippen LogP contribution in [0.5, 0.6) is 5.75 Å². The molecule has 0 heterocycles. The van der Waals surface area contributed by atoms with Crippen molar-refractivity contribution in [2.75, 3.05) is 12.8 Å². The first-order valence-electron chi connectivity index (χ1n) is 4.71. The fourth-order valence-corrected chi connectivity index (χ4v) is 2.01. The zero-order chi connectivity index (χ0) is 11.3. The number of benzene rings is 1. The number of anilines is 1. The van der Waals surface area contributed by atoms with E-state index in [1.54, 1.807) is 13.2 Å². The van der Waals surface area contributed by atoms with Crippen LogP contribution in [-0.2, 0) is 0 Å². The summed E-state index contributed by atoms with van der Waals surface area (Å²) in [5.41, 5.74) is 6.51. The molecule has 4 heteroatoms. The number of rotatable bonds is 4. The van der Waals surface area contributed by atoms with Crippen molar-refractivity contribution in [2.24, 2.45) is 0 Å². The molecule has 1 aromatic carbocycles. The molecule has 0 radical (unpaired) electrons. The van der Waals surface area contributed by atoms with Gasteiger partial charge in [-0.15, -0.1) is 11.8 Å². The Balaban J connectivity index is 2.88. The van der Waals surface area contributed by atoms with Crippen LogP contribution in [0.3, 0.4) is 0 Å². The molecule has 0 aliphatic heterocycles. The van der Waals surface area contributed by atoms with Gasteiger partial charge in [0.25, 0.3) is 0 Å². The summed E-state index contributed by atoms with van der Waals surface area (Å²) in [6.07, 6.45) is 0.803. The minimum absolute atomic E-state index is 0.0561. The monoisotopic (exact) mass is 222 g/mol. The molecule has 0 amide bonds. The highest BCUT2D eigenvalue weighted by molar-refractivity contribution is 8.00. The molecule has 0 fully saturated rings. The Morgan fingerprint density at radius 1 is 1.60 bits per heavy atom. The Morgan fingerprint density at radius 3 is 2.87 bits per heavy atom. The highest BCUT2D eigenvalue weighted by Gasteiger charge is 2.09. The second kappa shape index (κ2) is 5.52. The second-order valence-electron chi connectivity index (χ2n) is 3.05. The number of hydrogen-bond acceptors (Lipinski definition) is 4. The van der Waals surface area contributed by atoms with Gasteiger partial charge in [-0.25, -0.2) is 0 Å². The van der Waals surface area contributed by atoms with Crippen molar-refractivity contribution in [3.8, 4) is 11.8 Å². The first kappa shape index (κ1) is 11.7. The van der Waals surface area contributed by atoms with Crippen LogP contribution in [0, 0.1) is 11.3 Å². The summed E-state index contributed by atoms with van der Waals surface area (Å²) >= 11 is 1.48. The Labute approximate surface area is 94.2 Å². The Bertz CT molecular complexity index is 373. The maximum absolute atomic E-state index is 8.86. The van der Waals surface area contributed by atoms with Gasteiger partial charge >= 0.3 is 0 Å². The first-order chi connectivity index (χ1) is 7.21. The van der Waals surface area contributed by atoms with Gasteiger partial charge < -0.3 is 10.5 Å². The van der Waals surface area contributed by atoms with Crippen LogP contribution in [0.2, 0.25) is 0 Å². The molecule has 1 unspecified atom stereocenters. The molecule has 0 aliphatic rings. The van der Waals surface area contributed by atoms with E-state index < -0.39 is 0 Å². The lowest BCUT2D eigenvalue weighted by Crippen LogP contribution is -1.98. The van der Waals surface area contributed by atoms with E-state index in [4.69, 9.17) is 15.7 Å². The van der Waals surface area contributed by atoms with E-state index in [1.165, 1.54) is 11.8 Å². The quantitative estimate of drug-likeness (QED) is 0.628. The van der Waals surface area contributed by atoms with Crippen LogP contribution in [0.1, 0.15) is 13.3 Å². The van der Waals surface area contributed by atoms with E-state index in [2.05, 4.69) is 6.07 Å². The Hall–Kier alpha value is -1.34. The van der Waals surface area contributed by atoms with Crippen LogP contribution in [-0.4, -0.2) is 12.4 Å². The van der Waals surface area contributed by atoms with Gasteiger partial charge in [-0.3, -0.25) is 0 Å². The Morgan fingerprint density at radius 2 is 2.33 bits per heavy atom. The minimum atomic E-state index is -0.0561. The van der Waals surface area contributed by atoms with Gasteiger partial charge in [-0.2, -0.15) is 5.26 Å². The van der Waals surface area contributed by atoms with Crippen LogP contribution >= 0.6 is 11.8 Å². The lowest BCUT2D eigenvalue weighted by molar-refractivity contribution is 0.414. The molecule has 0 spiro atoms. The van der Waals surface area contributed by atoms with E-state index in [0.717, 1.165) is 17.1 Å². The molecule has 15 heavy (non-hydrogen) atoms. The van der Waals surface area contributed by atoms with E-state index in [-0.39, 0.29) is 5.25 Å².